The average molecular weight is 373 g/mol. The van der Waals surface area contributed by atoms with Gasteiger partial charge in [-0.15, -0.1) is 0 Å². The lowest BCUT2D eigenvalue weighted by atomic mass is 9.45. The minimum Gasteiger partial charge on any atom is -0.391 e. The summed E-state index contributed by atoms with van der Waals surface area (Å²) in [6.45, 7) is 6.87. The molecule has 0 bridgehead atoms. The first kappa shape index (κ1) is 18.1. The molecule has 1 heterocycles. The Bertz CT molecular complexity index is 640. The minimum absolute atomic E-state index is 0.00874. The second kappa shape index (κ2) is 6.57. The van der Waals surface area contributed by atoms with Crippen LogP contribution in [0, 0.1) is 34.5 Å². The fraction of sp³-hybridized carbons (Fsp3) is 0.913. The Labute approximate surface area is 163 Å². The first-order valence-electron chi connectivity index (χ1n) is 11.5. The van der Waals surface area contributed by atoms with E-state index in [1.807, 2.05) is 0 Å². The van der Waals surface area contributed by atoms with Crippen LogP contribution in [0.25, 0.3) is 0 Å². The maximum atomic E-state index is 12.6. The van der Waals surface area contributed by atoms with Crippen LogP contribution in [0.1, 0.15) is 78.1 Å². The van der Waals surface area contributed by atoms with Crippen LogP contribution in [0.4, 0.5) is 0 Å². The molecule has 0 aromatic rings. The van der Waals surface area contributed by atoms with Crippen molar-refractivity contribution in [3.05, 3.63) is 0 Å². The van der Waals surface area contributed by atoms with Gasteiger partial charge in [-0.25, -0.2) is 0 Å². The van der Waals surface area contributed by atoms with Gasteiger partial charge in [0.2, 0.25) is 0 Å². The maximum Gasteiger partial charge on any atom is 0.141 e. The number of carbonyl (C=O) groups excluding carboxylic acids is 1. The first-order chi connectivity index (χ1) is 13.0. The van der Waals surface area contributed by atoms with Crippen molar-refractivity contribution in [1.29, 1.82) is 0 Å². The summed E-state index contributed by atoms with van der Waals surface area (Å²) in [5.41, 5.74) is 1.76. The molecule has 0 radical (unpaired) electrons. The van der Waals surface area contributed by atoms with Crippen molar-refractivity contribution in [3.8, 4) is 0 Å². The zero-order valence-electron chi connectivity index (χ0n) is 17.1. The molecule has 1 saturated heterocycles. The quantitative estimate of drug-likeness (QED) is 0.734. The van der Waals surface area contributed by atoms with Crippen molar-refractivity contribution >= 4 is 11.5 Å². The van der Waals surface area contributed by atoms with Crippen LogP contribution >= 0.6 is 0 Å². The summed E-state index contributed by atoms with van der Waals surface area (Å²) in [6, 6.07) is 0. The van der Waals surface area contributed by atoms with Gasteiger partial charge in [-0.1, -0.05) is 19.0 Å². The third kappa shape index (κ3) is 2.81. The standard InChI is InChI=1S/C23H36N2O2/c1-22-10-7-16(25-27-17-9-12-24-14-17)13-15(22)3-4-18-19-5-6-21(26)23(19,2)11-8-20(18)22/h15,17-20,24H,3-14H2,1-2H3/b25-16+. The molecule has 0 aromatic carbocycles. The fourth-order valence-electron chi connectivity index (χ4n) is 7.78. The fourth-order valence-corrected chi connectivity index (χ4v) is 7.78. The van der Waals surface area contributed by atoms with E-state index in [-0.39, 0.29) is 11.5 Å². The molecule has 0 aromatic heterocycles. The van der Waals surface area contributed by atoms with Gasteiger partial charge in [0.1, 0.15) is 11.9 Å². The Morgan fingerprint density at radius 2 is 1.93 bits per heavy atom. The first-order valence-corrected chi connectivity index (χ1v) is 11.5. The van der Waals surface area contributed by atoms with Gasteiger partial charge in [0.25, 0.3) is 0 Å². The molecular formula is C23H36N2O2. The van der Waals surface area contributed by atoms with Gasteiger partial charge < -0.3 is 10.2 Å². The molecule has 1 aliphatic heterocycles. The zero-order valence-corrected chi connectivity index (χ0v) is 17.1. The predicted octanol–water partition coefficient (Wildman–Crippen LogP) is 4.33. The number of hydrogen-bond acceptors (Lipinski definition) is 4. The number of oxime groups is 1. The molecular weight excluding hydrogens is 336 g/mol. The third-order valence-electron chi connectivity index (χ3n) is 9.55. The SMILES string of the molecule is CC12CCC3C(CCC4C/C(=N/OC5CCNC5)CCC43C)C1CCC2=O. The lowest BCUT2D eigenvalue weighted by Gasteiger charge is -2.59. The lowest BCUT2D eigenvalue weighted by molar-refractivity contribution is -0.137. The van der Waals surface area contributed by atoms with E-state index in [1.165, 1.54) is 31.4 Å². The summed E-state index contributed by atoms with van der Waals surface area (Å²) in [4.78, 5) is 18.4. The van der Waals surface area contributed by atoms with Crippen molar-refractivity contribution in [2.24, 2.45) is 39.7 Å². The van der Waals surface area contributed by atoms with Crippen LogP contribution in [0.15, 0.2) is 5.16 Å². The van der Waals surface area contributed by atoms with Gasteiger partial charge in [-0.05, 0) is 87.0 Å². The van der Waals surface area contributed by atoms with Gasteiger partial charge in [-0.2, -0.15) is 0 Å². The predicted molar refractivity (Wildman–Crippen MR) is 107 cm³/mol. The van der Waals surface area contributed by atoms with E-state index in [0.717, 1.165) is 69.4 Å². The number of fused-ring (bicyclic) bond motifs is 5. The molecule has 7 atom stereocenters. The molecule has 4 heteroatoms. The Kier molecular flexibility index (Phi) is 4.42. The molecule has 5 fully saturated rings. The van der Waals surface area contributed by atoms with E-state index in [1.54, 1.807) is 0 Å². The van der Waals surface area contributed by atoms with Gasteiger partial charge in [0.05, 0.1) is 5.71 Å². The smallest absolute Gasteiger partial charge is 0.141 e. The molecule has 7 unspecified atom stereocenters. The molecule has 27 heavy (non-hydrogen) atoms. The second-order valence-corrected chi connectivity index (χ2v) is 10.7. The molecule has 150 valence electrons. The average Bonchev–Trinajstić information content (AvgIpc) is 3.28. The summed E-state index contributed by atoms with van der Waals surface area (Å²) < 4.78 is 0. The normalized spacial score (nSPS) is 51.0. The van der Waals surface area contributed by atoms with E-state index in [9.17, 15) is 4.79 Å². The van der Waals surface area contributed by atoms with Crippen molar-refractivity contribution in [2.45, 2.75) is 84.2 Å². The summed E-state index contributed by atoms with van der Waals surface area (Å²) >= 11 is 0. The number of carbonyl (C=O) groups is 1. The molecule has 1 N–H and O–H groups in total. The Morgan fingerprint density at radius 1 is 1.04 bits per heavy atom. The van der Waals surface area contributed by atoms with Crippen LogP contribution < -0.4 is 5.32 Å². The second-order valence-electron chi connectivity index (χ2n) is 10.7. The van der Waals surface area contributed by atoms with Gasteiger partial charge in [0.15, 0.2) is 0 Å². The van der Waals surface area contributed by atoms with Gasteiger partial charge in [0, 0.05) is 24.8 Å². The summed E-state index contributed by atoms with van der Waals surface area (Å²) in [5, 5.41) is 7.95. The van der Waals surface area contributed by atoms with E-state index in [4.69, 9.17) is 4.84 Å². The van der Waals surface area contributed by atoms with Crippen LogP contribution in [0.3, 0.4) is 0 Å². The molecule has 0 spiro atoms. The van der Waals surface area contributed by atoms with E-state index >= 15 is 0 Å². The number of rotatable bonds is 2. The number of hydrogen-bond donors (Lipinski definition) is 1. The highest BCUT2D eigenvalue weighted by atomic mass is 16.6. The van der Waals surface area contributed by atoms with E-state index < -0.39 is 0 Å². The minimum atomic E-state index is 0.00874. The number of Topliss-reactive ketones (excluding diaryl/α,β-unsaturated/α-hetero) is 1. The number of nitrogens with one attached hydrogen (secondary N) is 1. The third-order valence-corrected chi connectivity index (χ3v) is 9.55. The molecule has 4 nitrogen and oxygen atoms in total. The number of ketones is 1. The zero-order chi connectivity index (χ0) is 18.6. The lowest BCUT2D eigenvalue weighted by Crippen LogP contribution is -2.53. The largest absolute Gasteiger partial charge is 0.391 e. The molecule has 4 aliphatic carbocycles. The van der Waals surface area contributed by atoms with Crippen LogP contribution in [-0.2, 0) is 9.63 Å². The van der Waals surface area contributed by atoms with E-state index in [2.05, 4.69) is 24.3 Å². The molecule has 4 saturated carbocycles. The van der Waals surface area contributed by atoms with Crippen LogP contribution in [0.5, 0.6) is 0 Å². The highest BCUT2D eigenvalue weighted by molar-refractivity contribution is 5.87. The van der Waals surface area contributed by atoms with Crippen molar-refractivity contribution in [3.63, 3.8) is 0 Å². The van der Waals surface area contributed by atoms with E-state index in [0.29, 0.717) is 17.1 Å². The topological polar surface area (TPSA) is 50.7 Å². The van der Waals surface area contributed by atoms with Crippen molar-refractivity contribution in [1.82, 2.24) is 5.32 Å². The van der Waals surface area contributed by atoms with Crippen LogP contribution in [-0.4, -0.2) is 30.7 Å². The van der Waals surface area contributed by atoms with Gasteiger partial charge >= 0.3 is 0 Å². The molecule has 0 amide bonds. The highest BCUT2D eigenvalue weighted by Crippen LogP contribution is 2.65. The Hall–Kier alpha value is -0.900. The monoisotopic (exact) mass is 372 g/mol. The Balaban J connectivity index is 1.30. The van der Waals surface area contributed by atoms with Crippen molar-refractivity contribution < 1.29 is 9.63 Å². The summed E-state index contributed by atoms with van der Waals surface area (Å²) in [7, 11) is 0. The number of nitrogens with zero attached hydrogens (tertiary/aromatic N) is 1. The molecule has 5 aliphatic rings. The molecule has 5 rings (SSSR count). The van der Waals surface area contributed by atoms with Crippen LogP contribution in [0.2, 0.25) is 0 Å². The van der Waals surface area contributed by atoms with Gasteiger partial charge in [-0.3, -0.25) is 4.79 Å². The van der Waals surface area contributed by atoms with Crippen molar-refractivity contribution in [2.75, 3.05) is 13.1 Å². The summed E-state index contributed by atoms with van der Waals surface area (Å²) in [6.07, 6.45) is 11.9. The Morgan fingerprint density at radius 3 is 2.74 bits per heavy atom. The highest BCUT2D eigenvalue weighted by Gasteiger charge is 2.60. The summed E-state index contributed by atoms with van der Waals surface area (Å²) in [5.74, 6) is 3.60. The maximum absolute atomic E-state index is 12.6.